The summed E-state index contributed by atoms with van der Waals surface area (Å²) < 4.78 is 5.81. The molecule has 1 saturated heterocycles. The molecule has 1 aromatic heterocycles. The van der Waals surface area contributed by atoms with Crippen LogP contribution in [-0.2, 0) is 11.3 Å². The number of hydrogen-bond acceptors (Lipinski definition) is 5. The molecule has 2 aromatic rings. The summed E-state index contributed by atoms with van der Waals surface area (Å²) in [4.78, 5) is 19.0. The van der Waals surface area contributed by atoms with Gasteiger partial charge in [0.15, 0.2) is 0 Å². The molecule has 0 saturated carbocycles. The molecule has 1 aliphatic rings. The number of nitrogens with zero attached hydrogens (tertiary/aromatic N) is 2. The SMILES string of the molecule is CSc1ncccc1C(=O)NC[C@H]1CN(Cc2ccccc2)CCO1. The summed E-state index contributed by atoms with van der Waals surface area (Å²) in [5.74, 6) is -0.0961. The summed E-state index contributed by atoms with van der Waals surface area (Å²) >= 11 is 1.48. The van der Waals surface area contributed by atoms with E-state index in [9.17, 15) is 4.79 Å². The molecule has 132 valence electrons. The number of aromatic nitrogens is 1. The van der Waals surface area contributed by atoms with E-state index < -0.39 is 0 Å². The first kappa shape index (κ1) is 17.9. The van der Waals surface area contributed by atoms with Crippen molar-refractivity contribution in [3.05, 3.63) is 59.8 Å². The highest BCUT2D eigenvalue weighted by Gasteiger charge is 2.21. The van der Waals surface area contributed by atoms with Gasteiger partial charge in [0.1, 0.15) is 5.03 Å². The average Bonchev–Trinajstić information content (AvgIpc) is 2.67. The van der Waals surface area contributed by atoms with Gasteiger partial charge >= 0.3 is 0 Å². The van der Waals surface area contributed by atoms with Crippen LogP contribution in [0.25, 0.3) is 0 Å². The molecule has 0 radical (unpaired) electrons. The van der Waals surface area contributed by atoms with Gasteiger partial charge in [0.25, 0.3) is 5.91 Å². The van der Waals surface area contributed by atoms with E-state index in [-0.39, 0.29) is 12.0 Å². The zero-order valence-electron chi connectivity index (χ0n) is 14.4. The van der Waals surface area contributed by atoms with Gasteiger partial charge in [-0.25, -0.2) is 4.98 Å². The number of nitrogens with one attached hydrogen (secondary N) is 1. The third-order valence-corrected chi connectivity index (χ3v) is 4.88. The number of amides is 1. The number of carbonyl (C=O) groups excluding carboxylic acids is 1. The van der Waals surface area contributed by atoms with Crippen molar-refractivity contribution in [1.82, 2.24) is 15.2 Å². The normalized spacial score (nSPS) is 18.0. The highest BCUT2D eigenvalue weighted by atomic mass is 32.2. The van der Waals surface area contributed by atoms with Crippen molar-refractivity contribution in [2.24, 2.45) is 0 Å². The van der Waals surface area contributed by atoms with Crippen LogP contribution in [0.5, 0.6) is 0 Å². The molecule has 1 aliphatic heterocycles. The predicted octanol–water partition coefficient (Wildman–Crippen LogP) is 2.43. The summed E-state index contributed by atoms with van der Waals surface area (Å²) in [5, 5.41) is 3.73. The van der Waals surface area contributed by atoms with Crippen LogP contribution in [-0.4, -0.2) is 54.4 Å². The highest BCUT2D eigenvalue weighted by Crippen LogP contribution is 2.16. The first-order valence-corrected chi connectivity index (χ1v) is 9.64. The molecule has 3 rings (SSSR count). The highest BCUT2D eigenvalue weighted by molar-refractivity contribution is 7.98. The second kappa shape index (κ2) is 8.99. The molecule has 0 aliphatic carbocycles. The number of thioether (sulfide) groups is 1. The Morgan fingerprint density at radius 2 is 2.16 bits per heavy atom. The fourth-order valence-electron chi connectivity index (χ4n) is 2.92. The monoisotopic (exact) mass is 357 g/mol. The Hall–Kier alpha value is -1.89. The van der Waals surface area contributed by atoms with Crippen molar-refractivity contribution in [2.45, 2.75) is 17.7 Å². The third kappa shape index (κ3) is 5.04. The standard InChI is InChI=1S/C19H23N3O2S/c1-25-19-17(8-5-9-20-19)18(23)21-12-16-14-22(10-11-24-16)13-15-6-3-2-4-7-15/h2-9,16H,10-14H2,1H3,(H,21,23)/t16-/m0/s1. The summed E-state index contributed by atoms with van der Waals surface area (Å²) in [5.41, 5.74) is 1.92. The number of ether oxygens (including phenoxy) is 1. The molecule has 1 N–H and O–H groups in total. The van der Waals surface area contributed by atoms with Crippen molar-refractivity contribution >= 4 is 17.7 Å². The van der Waals surface area contributed by atoms with Crippen LogP contribution in [0.2, 0.25) is 0 Å². The number of carbonyl (C=O) groups is 1. The van der Waals surface area contributed by atoms with Crippen molar-refractivity contribution in [1.29, 1.82) is 0 Å². The molecular weight excluding hydrogens is 334 g/mol. The number of pyridine rings is 1. The van der Waals surface area contributed by atoms with Crippen molar-refractivity contribution < 1.29 is 9.53 Å². The van der Waals surface area contributed by atoms with Gasteiger partial charge in [0.05, 0.1) is 18.3 Å². The van der Waals surface area contributed by atoms with Crippen LogP contribution in [0.1, 0.15) is 15.9 Å². The quantitative estimate of drug-likeness (QED) is 0.805. The van der Waals surface area contributed by atoms with Crippen molar-refractivity contribution in [3.8, 4) is 0 Å². The lowest BCUT2D eigenvalue weighted by molar-refractivity contribution is -0.0292. The van der Waals surface area contributed by atoms with Crippen LogP contribution in [0.15, 0.2) is 53.7 Å². The van der Waals surface area contributed by atoms with E-state index >= 15 is 0 Å². The molecule has 0 unspecified atom stereocenters. The molecule has 1 fully saturated rings. The number of morpholine rings is 1. The fourth-order valence-corrected chi connectivity index (χ4v) is 3.46. The maximum absolute atomic E-state index is 12.4. The van der Waals surface area contributed by atoms with Gasteiger partial charge in [-0.05, 0) is 24.0 Å². The molecular formula is C19H23N3O2S. The fraction of sp³-hybridized carbons (Fsp3) is 0.368. The molecule has 1 atom stereocenters. The molecule has 6 heteroatoms. The number of rotatable bonds is 6. The molecule has 2 heterocycles. The largest absolute Gasteiger partial charge is 0.374 e. The van der Waals surface area contributed by atoms with E-state index in [1.54, 1.807) is 18.3 Å². The minimum Gasteiger partial charge on any atom is -0.374 e. The van der Waals surface area contributed by atoms with Gasteiger partial charge in [0.2, 0.25) is 0 Å². The van der Waals surface area contributed by atoms with E-state index in [0.717, 1.165) is 24.7 Å². The van der Waals surface area contributed by atoms with Crippen LogP contribution in [0.3, 0.4) is 0 Å². The third-order valence-electron chi connectivity index (χ3n) is 4.17. The van der Waals surface area contributed by atoms with E-state index in [4.69, 9.17) is 4.74 Å². The van der Waals surface area contributed by atoms with E-state index in [1.165, 1.54) is 17.3 Å². The summed E-state index contributed by atoms with van der Waals surface area (Å²) in [7, 11) is 0. The number of hydrogen-bond donors (Lipinski definition) is 1. The molecule has 1 aromatic carbocycles. The van der Waals surface area contributed by atoms with Crippen LogP contribution < -0.4 is 5.32 Å². The lowest BCUT2D eigenvalue weighted by atomic mass is 10.2. The van der Waals surface area contributed by atoms with Crippen LogP contribution >= 0.6 is 11.8 Å². The molecule has 0 spiro atoms. The summed E-state index contributed by atoms with van der Waals surface area (Å²) in [6, 6.07) is 14.0. The Bertz CT molecular complexity index is 696. The molecule has 0 bridgehead atoms. The van der Waals surface area contributed by atoms with Gasteiger partial charge < -0.3 is 10.1 Å². The second-order valence-corrected chi connectivity index (χ2v) is 6.78. The number of benzene rings is 1. The first-order valence-electron chi connectivity index (χ1n) is 8.41. The minimum atomic E-state index is -0.0961. The molecule has 25 heavy (non-hydrogen) atoms. The lowest BCUT2D eigenvalue weighted by Crippen LogP contribution is -2.47. The van der Waals surface area contributed by atoms with Crippen molar-refractivity contribution in [2.75, 3.05) is 32.5 Å². The maximum atomic E-state index is 12.4. The van der Waals surface area contributed by atoms with Crippen LogP contribution in [0.4, 0.5) is 0 Å². The van der Waals surface area contributed by atoms with Gasteiger partial charge in [-0.2, -0.15) is 0 Å². The summed E-state index contributed by atoms with van der Waals surface area (Å²) in [6.07, 6.45) is 3.63. The zero-order valence-corrected chi connectivity index (χ0v) is 15.2. The van der Waals surface area contributed by atoms with Gasteiger partial charge in [-0.15, -0.1) is 11.8 Å². The van der Waals surface area contributed by atoms with Gasteiger partial charge in [-0.3, -0.25) is 9.69 Å². The maximum Gasteiger partial charge on any atom is 0.254 e. The van der Waals surface area contributed by atoms with Gasteiger partial charge in [-0.1, -0.05) is 30.3 Å². The van der Waals surface area contributed by atoms with E-state index in [0.29, 0.717) is 18.7 Å². The lowest BCUT2D eigenvalue weighted by Gasteiger charge is -2.33. The predicted molar refractivity (Wildman–Crippen MR) is 99.8 cm³/mol. The van der Waals surface area contributed by atoms with E-state index in [2.05, 4.69) is 39.5 Å². The second-order valence-electron chi connectivity index (χ2n) is 5.98. The van der Waals surface area contributed by atoms with Crippen molar-refractivity contribution in [3.63, 3.8) is 0 Å². The van der Waals surface area contributed by atoms with E-state index in [1.807, 2.05) is 12.3 Å². The molecule has 5 nitrogen and oxygen atoms in total. The summed E-state index contributed by atoms with van der Waals surface area (Å²) in [6.45, 7) is 3.84. The topological polar surface area (TPSA) is 54.5 Å². The first-order chi connectivity index (χ1) is 12.3. The Kier molecular flexibility index (Phi) is 6.44. The minimum absolute atomic E-state index is 0.0100. The Morgan fingerprint density at radius 1 is 1.32 bits per heavy atom. The Labute approximate surface area is 152 Å². The molecule has 1 amide bonds. The zero-order chi connectivity index (χ0) is 17.5. The van der Waals surface area contributed by atoms with Gasteiger partial charge in [0, 0.05) is 32.4 Å². The Balaban J connectivity index is 1.52. The smallest absolute Gasteiger partial charge is 0.254 e. The average molecular weight is 357 g/mol. The van der Waals surface area contributed by atoms with Crippen LogP contribution in [0, 0.1) is 0 Å². The Morgan fingerprint density at radius 3 is 2.96 bits per heavy atom.